The summed E-state index contributed by atoms with van der Waals surface area (Å²) >= 11 is 15.5. The maximum absolute atomic E-state index is 10.7. The van der Waals surface area contributed by atoms with Gasteiger partial charge in [-0.2, -0.15) is 0 Å². The van der Waals surface area contributed by atoms with Gasteiger partial charge in [-0.1, -0.05) is 0 Å². The zero-order valence-electron chi connectivity index (χ0n) is 10.4. The van der Waals surface area contributed by atoms with Crippen LogP contribution in [0.5, 0.6) is 17.2 Å². The highest BCUT2D eigenvalue weighted by atomic mass is 35.5. The predicted octanol–water partition coefficient (Wildman–Crippen LogP) is 2.12. The van der Waals surface area contributed by atoms with Crippen molar-refractivity contribution in [3.63, 3.8) is 0 Å². The Morgan fingerprint density at radius 1 is 0.762 bits per heavy atom. The van der Waals surface area contributed by atoms with Gasteiger partial charge < -0.3 is 14.2 Å². The molecule has 1 aromatic carbocycles. The highest BCUT2D eigenvalue weighted by molar-refractivity contribution is 6.64. The van der Waals surface area contributed by atoms with E-state index < -0.39 is 22.3 Å². The molecule has 21 heavy (non-hydrogen) atoms. The van der Waals surface area contributed by atoms with Crippen LogP contribution in [0.2, 0.25) is 0 Å². The molecule has 0 fully saturated rings. The van der Waals surface area contributed by atoms with E-state index in [9.17, 15) is 14.4 Å². The van der Waals surface area contributed by atoms with Gasteiger partial charge in [0.05, 0.1) is 0 Å². The summed E-state index contributed by atoms with van der Waals surface area (Å²) in [5, 5.41) is -2.11. The Morgan fingerprint density at radius 3 is 1.76 bits per heavy atom. The average molecular weight is 356 g/mol. The number of carbonyl (C=O) groups excluding carboxylic acids is 3. The van der Waals surface area contributed by atoms with Gasteiger partial charge in [0.2, 0.25) is 0 Å². The highest BCUT2D eigenvalue weighted by Gasteiger charge is 2.11. The van der Waals surface area contributed by atoms with Crippen molar-refractivity contribution in [2.75, 3.05) is 19.8 Å². The van der Waals surface area contributed by atoms with Crippen molar-refractivity contribution in [3.8, 4) is 17.2 Å². The lowest BCUT2D eigenvalue weighted by Gasteiger charge is -2.12. The fraction of sp³-hybridized carbons (Fsp3) is 0.250. The van der Waals surface area contributed by atoms with Gasteiger partial charge in [0.15, 0.2) is 31.3 Å². The van der Waals surface area contributed by atoms with Gasteiger partial charge in [-0.15, -0.1) is 0 Å². The molecule has 9 heteroatoms. The predicted molar refractivity (Wildman–Crippen MR) is 75.5 cm³/mol. The largest absolute Gasteiger partial charge is 0.484 e. The number of halogens is 3. The minimum atomic E-state index is -0.725. The smallest absolute Gasteiger partial charge is 0.259 e. The third-order valence-corrected chi connectivity index (χ3v) is 2.28. The van der Waals surface area contributed by atoms with E-state index in [1.807, 2.05) is 0 Å². The maximum Gasteiger partial charge on any atom is 0.259 e. The van der Waals surface area contributed by atoms with Gasteiger partial charge in [-0.3, -0.25) is 14.4 Å². The summed E-state index contributed by atoms with van der Waals surface area (Å²) in [5.41, 5.74) is 0. The molecule has 114 valence electrons. The first kappa shape index (κ1) is 17.6. The molecule has 6 nitrogen and oxygen atoms in total. The first-order valence-electron chi connectivity index (χ1n) is 5.46. The summed E-state index contributed by atoms with van der Waals surface area (Å²) in [6, 6.07) is 4.23. The Labute approximate surface area is 134 Å². The summed E-state index contributed by atoms with van der Waals surface area (Å²) in [5.74, 6) is 0.512. The van der Waals surface area contributed by atoms with Crippen molar-refractivity contribution in [3.05, 3.63) is 18.2 Å². The second kappa shape index (κ2) is 8.71. The number of benzene rings is 1. The zero-order chi connectivity index (χ0) is 15.8. The Kier molecular flexibility index (Phi) is 7.28. The molecule has 0 unspecified atom stereocenters. The summed E-state index contributed by atoms with van der Waals surface area (Å²) in [6.07, 6.45) is 0. The molecule has 0 heterocycles. The molecule has 1 rings (SSSR count). The minimum absolute atomic E-state index is 0.0986. The topological polar surface area (TPSA) is 78.9 Å². The third kappa shape index (κ3) is 7.17. The molecule has 0 aliphatic heterocycles. The van der Waals surface area contributed by atoms with Crippen molar-refractivity contribution in [2.45, 2.75) is 0 Å². The van der Waals surface area contributed by atoms with E-state index in [4.69, 9.17) is 49.0 Å². The van der Waals surface area contributed by atoms with Crippen LogP contribution in [0.3, 0.4) is 0 Å². The van der Waals surface area contributed by atoms with Gasteiger partial charge in [-0.05, 0) is 46.9 Å². The van der Waals surface area contributed by atoms with Gasteiger partial charge in [0, 0.05) is 6.07 Å². The summed E-state index contributed by atoms with van der Waals surface area (Å²) in [6.45, 7) is -1.13. The molecule has 0 saturated carbocycles. The molecule has 0 N–H and O–H groups in total. The van der Waals surface area contributed by atoms with Crippen molar-refractivity contribution in [2.24, 2.45) is 0 Å². The highest BCUT2D eigenvalue weighted by Crippen LogP contribution is 2.32. The molecule has 0 bridgehead atoms. The summed E-state index contributed by atoms with van der Waals surface area (Å²) in [7, 11) is 0. The van der Waals surface area contributed by atoms with Crippen LogP contribution in [0.25, 0.3) is 0 Å². The number of hydrogen-bond donors (Lipinski definition) is 0. The van der Waals surface area contributed by atoms with E-state index in [1.54, 1.807) is 0 Å². The standard InChI is InChI=1S/C12H9Cl3O6/c13-10(16)4-19-7-1-2-8(20-5-11(14)17)9(3-7)21-6-12(15)18/h1-3H,4-6H2. The van der Waals surface area contributed by atoms with Crippen molar-refractivity contribution in [1.29, 1.82) is 0 Å². The molecule has 0 amide bonds. The monoisotopic (exact) mass is 354 g/mol. The lowest BCUT2D eigenvalue weighted by atomic mass is 10.3. The molecule has 0 aromatic heterocycles. The Bertz CT molecular complexity index is 546. The third-order valence-electron chi connectivity index (χ3n) is 1.95. The maximum atomic E-state index is 10.7. The second-order valence-corrected chi connectivity index (χ2v) is 4.80. The summed E-state index contributed by atoms with van der Waals surface area (Å²) in [4.78, 5) is 32.0. The number of rotatable bonds is 9. The van der Waals surface area contributed by atoms with E-state index in [0.717, 1.165) is 0 Å². The molecular formula is C12H9Cl3O6. The fourth-order valence-electron chi connectivity index (χ4n) is 1.22. The van der Waals surface area contributed by atoms with Gasteiger partial charge >= 0.3 is 0 Å². The van der Waals surface area contributed by atoms with Crippen LogP contribution in [-0.2, 0) is 14.4 Å². The van der Waals surface area contributed by atoms with Crippen LogP contribution >= 0.6 is 34.8 Å². The van der Waals surface area contributed by atoms with Crippen LogP contribution in [-0.4, -0.2) is 35.5 Å². The molecule has 0 saturated heterocycles. The molecule has 0 aliphatic carbocycles. The first-order chi connectivity index (χ1) is 9.88. The lowest BCUT2D eigenvalue weighted by Crippen LogP contribution is -2.09. The molecule has 0 aliphatic rings. The zero-order valence-corrected chi connectivity index (χ0v) is 12.7. The molecule has 0 radical (unpaired) electrons. The molecule has 1 aromatic rings. The van der Waals surface area contributed by atoms with Crippen LogP contribution in [0.1, 0.15) is 0 Å². The number of hydrogen-bond acceptors (Lipinski definition) is 6. The van der Waals surface area contributed by atoms with Gasteiger partial charge in [0.1, 0.15) is 5.75 Å². The molecule has 0 spiro atoms. The van der Waals surface area contributed by atoms with E-state index in [0.29, 0.717) is 0 Å². The lowest BCUT2D eigenvalue weighted by molar-refractivity contribution is -0.114. The van der Waals surface area contributed by atoms with Gasteiger partial charge in [-0.25, -0.2) is 0 Å². The van der Waals surface area contributed by atoms with Crippen molar-refractivity contribution >= 4 is 50.5 Å². The fourth-order valence-corrected chi connectivity index (χ4v) is 1.38. The molecule has 0 atom stereocenters. The Hall–Kier alpha value is -1.50. The van der Waals surface area contributed by atoms with Gasteiger partial charge in [0.25, 0.3) is 15.7 Å². The SMILES string of the molecule is O=C(Cl)COc1ccc(OCC(=O)Cl)c(OCC(=O)Cl)c1. The van der Waals surface area contributed by atoms with E-state index in [-0.39, 0.29) is 30.5 Å². The Morgan fingerprint density at radius 2 is 1.24 bits per heavy atom. The van der Waals surface area contributed by atoms with E-state index >= 15 is 0 Å². The first-order valence-corrected chi connectivity index (χ1v) is 6.59. The van der Waals surface area contributed by atoms with Crippen LogP contribution < -0.4 is 14.2 Å². The van der Waals surface area contributed by atoms with Crippen molar-refractivity contribution in [1.82, 2.24) is 0 Å². The van der Waals surface area contributed by atoms with Crippen LogP contribution in [0, 0.1) is 0 Å². The number of carbonyl (C=O) groups is 3. The minimum Gasteiger partial charge on any atom is -0.484 e. The second-order valence-electron chi connectivity index (χ2n) is 3.54. The van der Waals surface area contributed by atoms with Crippen LogP contribution in [0.15, 0.2) is 18.2 Å². The van der Waals surface area contributed by atoms with Crippen molar-refractivity contribution < 1.29 is 28.6 Å². The molecular weight excluding hydrogens is 346 g/mol. The number of ether oxygens (including phenoxy) is 3. The quantitative estimate of drug-likeness (QED) is 0.631. The Balaban J connectivity index is 2.86. The van der Waals surface area contributed by atoms with E-state index in [2.05, 4.69) is 0 Å². The summed E-state index contributed by atoms with van der Waals surface area (Å²) < 4.78 is 15.3. The van der Waals surface area contributed by atoms with E-state index in [1.165, 1.54) is 18.2 Å². The van der Waals surface area contributed by atoms with Crippen LogP contribution in [0.4, 0.5) is 0 Å². The normalized spacial score (nSPS) is 9.86. The average Bonchev–Trinajstić information content (AvgIpc) is 2.41.